The van der Waals surface area contributed by atoms with E-state index in [1.807, 2.05) is 0 Å². The van der Waals surface area contributed by atoms with Crippen molar-refractivity contribution in [2.24, 2.45) is 0 Å². The summed E-state index contributed by atoms with van der Waals surface area (Å²) in [5.41, 5.74) is 1.83. The number of para-hydroxylation sites is 2. The van der Waals surface area contributed by atoms with E-state index < -0.39 is 16.9 Å². The molecule has 0 unspecified atom stereocenters. The Balaban J connectivity index is 2.28. The van der Waals surface area contributed by atoms with Crippen LogP contribution in [0.1, 0.15) is 20.7 Å². The smallest absolute Gasteiger partial charge is 0.339 e. The van der Waals surface area contributed by atoms with Gasteiger partial charge in [0.1, 0.15) is 0 Å². The number of nitrogens with zero attached hydrogens (tertiary/aromatic N) is 2. The minimum Gasteiger partial charge on any atom is -0.465 e. The molecule has 0 fully saturated rings. The molecule has 0 N–H and O–H groups in total. The van der Waals surface area contributed by atoms with Crippen LogP contribution in [0.5, 0.6) is 0 Å². The summed E-state index contributed by atoms with van der Waals surface area (Å²) >= 11 is 0. The van der Waals surface area contributed by atoms with Crippen molar-refractivity contribution in [2.75, 3.05) is 19.1 Å². The van der Waals surface area contributed by atoms with Crippen molar-refractivity contribution in [2.45, 2.75) is 0 Å². The average Bonchev–Trinajstić information content (AvgIpc) is 2.79. The van der Waals surface area contributed by atoms with Gasteiger partial charge in [-0.25, -0.2) is 9.59 Å². The van der Waals surface area contributed by atoms with E-state index in [1.54, 1.807) is 65.6 Å². The summed E-state index contributed by atoms with van der Waals surface area (Å²) in [6, 6.07) is 19.2. The molecule has 0 atom stereocenters. The van der Waals surface area contributed by atoms with Crippen LogP contribution in [0.2, 0.25) is 0 Å². The van der Waals surface area contributed by atoms with Gasteiger partial charge < -0.3 is 14.4 Å². The predicted molar refractivity (Wildman–Crippen MR) is 110 cm³/mol. The molecule has 8 heteroatoms. The predicted octanol–water partition coefficient (Wildman–Crippen LogP) is 4.64. The maximum absolute atomic E-state index is 12.4. The van der Waals surface area contributed by atoms with Gasteiger partial charge in [0.2, 0.25) is 0 Å². The molecule has 0 saturated heterocycles. The molecule has 0 aliphatic rings. The van der Waals surface area contributed by atoms with E-state index in [4.69, 9.17) is 9.47 Å². The molecule has 0 aromatic heterocycles. The Labute approximate surface area is 172 Å². The maximum Gasteiger partial charge on any atom is 0.339 e. The monoisotopic (exact) mass is 406 g/mol. The van der Waals surface area contributed by atoms with E-state index in [0.717, 1.165) is 0 Å². The average molecular weight is 406 g/mol. The normalized spacial score (nSPS) is 10.2. The molecular weight excluding hydrogens is 388 g/mol. The lowest BCUT2D eigenvalue weighted by Gasteiger charge is -2.28. The van der Waals surface area contributed by atoms with Gasteiger partial charge in [-0.05, 0) is 36.4 Å². The quantitative estimate of drug-likeness (QED) is 0.334. The fraction of sp³-hybridized carbons (Fsp3) is 0.0909. The number of nitro groups is 1. The Kier molecular flexibility index (Phi) is 6.07. The minimum absolute atomic E-state index is 0.0822. The summed E-state index contributed by atoms with van der Waals surface area (Å²) in [7, 11) is 2.55. The van der Waals surface area contributed by atoms with Gasteiger partial charge in [-0.3, -0.25) is 10.1 Å². The number of carbonyl (C=O) groups excluding carboxylic acids is 2. The first kappa shape index (κ1) is 20.5. The van der Waals surface area contributed by atoms with Crippen LogP contribution in [0.3, 0.4) is 0 Å². The van der Waals surface area contributed by atoms with Gasteiger partial charge in [-0.2, -0.15) is 0 Å². The third kappa shape index (κ3) is 3.97. The van der Waals surface area contributed by atoms with Crippen molar-refractivity contribution in [3.63, 3.8) is 0 Å². The molecular formula is C22H18N2O6. The van der Waals surface area contributed by atoms with Gasteiger partial charge in [-0.1, -0.05) is 24.3 Å². The zero-order chi connectivity index (χ0) is 21.7. The van der Waals surface area contributed by atoms with Gasteiger partial charge >= 0.3 is 11.9 Å². The second-order valence-corrected chi connectivity index (χ2v) is 6.13. The number of hydrogen-bond donors (Lipinski definition) is 0. The van der Waals surface area contributed by atoms with E-state index >= 15 is 0 Å². The summed E-state index contributed by atoms with van der Waals surface area (Å²) in [6.45, 7) is 0. The zero-order valence-electron chi connectivity index (χ0n) is 16.3. The van der Waals surface area contributed by atoms with Gasteiger partial charge in [0.05, 0.1) is 41.6 Å². The molecule has 0 amide bonds. The Morgan fingerprint density at radius 3 is 1.60 bits per heavy atom. The highest BCUT2D eigenvalue weighted by Gasteiger charge is 2.24. The second-order valence-electron chi connectivity index (χ2n) is 6.13. The van der Waals surface area contributed by atoms with Gasteiger partial charge in [0.15, 0.2) is 0 Å². The maximum atomic E-state index is 12.4. The van der Waals surface area contributed by atoms with Crippen LogP contribution in [0.4, 0.5) is 22.7 Å². The van der Waals surface area contributed by atoms with Crippen molar-refractivity contribution in [3.8, 4) is 0 Å². The number of carbonyl (C=O) groups is 2. The second kappa shape index (κ2) is 8.87. The molecule has 0 aliphatic carbocycles. The third-order valence-electron chi connectivity index (χ3n) is 4.42. The first-order valence-corrected chi connectivity index (χ1v) is 8.87. The molecule has 152 valence electrons. The first-order chi connectivity index (χ1) is 14.5. The fourth-order valence-electron chi connectivity index (χ4n) is 3.03. The van der Waals surface area contributed by atoms with Crippen molar-refractivity contribution in [1.82, 2.24) is 0 Å². The number of anilines is 3. The minimum atomic E-state index is -0.562. The lowest BCUT2D eigenvalue weighted by atomic mass is 10.1. The molecule has 0 bridgehead atoms. The molecule has 3 rings (SSSR count). The standard InChI is InChI=1S/C22H18N2O6/c1-29-21(25)17-7-3-5-9-19(17)23(15-11-13-16(14-12-15)24(27)28)20-10-6-4-8-18(20)22(26)30-2/h3-14H,1-2H3. The molecule has 0 radical (unpaired) electrons. The first-order valence-electron chi connectivity index (χ1n) is 8.87. The van der Waals surface area contributed by atoms with Crippen molar-refractivity contribution < 1.29 is 24.0 Å². The van der Waals surface area contributed by atoms with E-state index in [9.17, 15) is 19.7 Å². The van der Waals surface area contributed by atoms with Crippen LogP contribution >= 0.6 is 0 Å². The Bertz CT molecular complexity index is 1040. The zero-order valence-corrected chi connectivity index (χ0v) is 16.3. The molecule has 0 heterocycles. The Morgan fingerprint density at radius 2 is 1.20 bits per heavy atom. The Morgan fingerprint density at radius 1 is 0.767 bits per heavy atom. The molecule has 8 nitrogen and oxygen atoms in total. The molecule has 0 aliphatic heterocycles. The number of benzene rings is 3. The molecule has 3 aromatic carbocycles. The van der Waals surface area contributed by atoms with Crippen LogP contribution in [-0.2, 0) is 9.47 Å². The number of esters is 2. The van der Waals surface area contributed by atoms with Crippen LogP contribution in [0, 0.1) is 10.1 Å². The van der Waals surface area contributed by atoms with Gasteiger partial charge in [0, 0.05) is 17.8 Å². The number of ether oxygens (including phenoxy) is 2. The van der Waals surface area contributed by atoms with Gasteiger partial charge in [-0.15, -0.1) is 0 Å². The van der Waals surface area contributed by atoms with Gasteiger partial charge in [0.25, 0.3) is 5.69 Å². The highest BCUT2D eigenvalue weighted by atomic mass is 16.6. The molecule has 0 saturated carbocycles. The van der Waals surface area contributed by atoms with Crippen LogP contribution < -0.4 is 4.90 Å². The summed E-state index contributed by atoms with van der Waals surface area (Å²) < 4.78 is 9.80. The SMILES string of the molecule is COC(=O)c1ccccc1N(c1ccc([N+](=O)[O-])cc1)c1ccccc1C(=O)OC. The molecule has 0 spiro atoms. The van der Waals surface area contributed by atoms with Crippen molar-refractivity contribution >= 4 is 34.7 Å². The molecule has 30 heavy (non-hydrogen) atoms. The highest BCUT2D eigenvalue weighted by Crippen LogP contribution is 2.39. The lowest BCUT2D eigenvalue weighted by molar-refractivity contribution is -0.384. The fourth-order valence-corrected chi connectivity index (χ4v) is 3.03. The third-order valence-corrected chi connectivity index (χ3v) is 4.42. The number of non-ortho nitro benzene ring substituents is 1. The number of hydrogen-bond acceptors (Lipinski definition) is 7. The van der Waals surface area contributed by atoms with E-state index in [2.05, 4.69) is 0 Å². The van der Waals surface area contributed by atoms with Crippen molar-refractivity contribution in [3.05, 3.63) is 94.0 Å². The summed E-state index contributed by atoms with van der Waals surface area (Å²) in [4.78, 5) is 37.0. The van der Waals surface area contributed by atoms with Crippen LogP contribution in [0.15, 0.2) is 72.8 Å². The van der Waals surface area contributed by atoms with Crippen molar-refractivity contribution in [1.29, 1.82) is 0 Å². The number of rotatable bonds is 6. The number of nitro benzene ring substituents is 1. The largest absolute Gasteiger partial charge is 0.465 e. The highest BCUT2D eigenvalue weighted by molar-refractivity contribution is 6.02. The van der Waals surface area contributed by atoms with E-state index in [1.165, 1.54) is 26.4 Å². The van der Waals surface area contributed by atoms with E-state index in [-0.39, 0.29) is 16.8 Å². The number of methoxy groups -OCH3 is 2. The summed E-state index contributed by atoms with van der Waals surface area (Å²) in [6.07, 6.45) is 0. The summed E-state index contributed by atoms with van der Waals surface area (Å²) in [5, 5.41) is 11.1. The Hall–Kier alpha value is -4.20. The topological polar surface area (TPSA) is 99.0 Å². The lowest BCUT2D eigenvalue weighted by Crippen LogP contribution is -2.18. The summed E-state index contributed by atoms with van der Waals surface area (Å²) in [5.74, 6) is -1.12. The van der Waals surface area contributed by atoms with Crippen LogP contribution in [0.25, 0.3) is 0 Å². The molecule has 3 aromatic rings. The van der Waals surface area contributed by atoms with E-state index in [0.29, 0.717) is 17.1 Å². The van der Waals surface area contributed by atoms with Crippen LogP contribution in [-0.4, -0.2) is 31.1 Å².